The van der Waals surface area contributed by atoms with E-state index in [1.54, 1.807) is 22.6 Å². The summed E-state index contributed by atoms with van der Waals surface area (Å²) in [6.07, 6.45) is 1.47. The molecule has 0 atom stereocenters. The smallest absolute Gasteiger partial charge is 0.274 e. The van der Waals surface area contributed by atoms with Gasteiger partial charge in [0.15, 0.2) is 11.3 Å². The SMILES string of the molecule is NC(=O)c1ncn2c(-c3ccccc3)cc(C(=O)Nc3ccc(Br)cc3)nc12. The molecule has 4 rings (SSSR count). The molecule has 2 amide bonds. The van der Waals surface area contributed by atoms with Gasteiger partial charge in [-0.05, 0) is 35.9 Å². The first-order valence-corrected chi connectivity index (χ1v) is 9.12. The molecule has 0 aliphatic carbocycles. The number of anilines is 1. The molecule has 0 bridgehead atoms. The van der Waals surface area contributed by atoms with Crippen molar-refractivity contribution in [3.8, 4) is 11.3 Å². The normalized spacial score (nSPS) is 10.8. The highest BCUT2D eigenvalue weighted by atomic mass is 79.9. The third-order valence-corrected chi connectivity index (χ3v) is 4.67. The number of nitrogens with zero attached hydrogens (tertiary/aromatic N) is 3. The molecule has 0 saturated carbocycles. The Bertz CT molecular complexity index is 1190. The van der Waals surface area contributed by atoms with Gasteiger partial charge in [0, 0.05) is 10.2 Å². The maximum Gasteiger partial charge on any atom is 0.274 e. The van der Waals surface area contributed by atoms with Crippen molar-refractivity contribution >= 4 is 39.1 Å². The molecule has 0 spiro atoms. The number of imidazole rings is 1. The van der Waals surface area contributed by atoms with Crippen molar-refractivity contribution in [2.45, 2.75) is 0 Å². The Morgan fingerprint density at radius 2 is 1.75 bits per heavy atom. The molecule has 2 heterocycles. The van der Waals surface area contributed by atoms with Crippen LogP contribution in [0.1, 0.15) is 21.0 Å². The Labute approximate surface area is 168 Å². The van der Waals surface area contributed by atoms with Gasteiger partial charge in [-0.25, -0.2) is 9.97 Å². The van der Waals surface area contributed by atoms with Crippen LogP contribution in [0.4, 0.5) is 5.69 Å². The predicted octanol–water partition coefficient (Wildman–Crippen LogP) is 3.51. The molecule has 0 aliphatic rings. The maximum atomic E-state index is 12.8. The number of aromatic nitrogens is 3. The van der Waals surface area contributed by atoms with Gasteiger partial charge in [0.1, 0.15) is 12.0 Å². The van der Waals surface area contributed by atoms with Gasteiger partial charge < -0.3 is 11.1 Å². The molecule has 0 radical (unpaired) electrons. The monoisotopic (exact) mass is 435 g/mol. The molecule has 8 heteroatoms. The summed E-state index contributed by atoms with van der Waals surface area (Å²) in [5, 5.41) is 2.80. The minimum Gasteiger partial charge on any atom is -0.364 e. The lowest BCUT2D eigenvalue weighted by Crippen LogP contribution is -2.17. The van der Waals surface area contributed by atoms with Crippen molar-refractivity contribution in [3.63, 3.8) is 0 Å². The second-order valence-corrected chi connectivity index (χ2v) is 6.92. The van der Waals surface area contributed by atoms with E-state index in [-0.39, 0.29) is 17.0 Å². The summed E-state index contributed by atoms with van der Waals surface area (Å²) in [4.78, 5) is 32.9. The second kappa shape index (κ2) is 7.24. The maximum absolute atomic E-state index is 12.8. The quantitative estimate of drug-likeness (QED) is 0.511. The zero-order chi connectivity index (χ0) is 19.7. The van der Waals surface area contributed by atoms with Gasteiger partial charge in [-0.1, -0.05) is 46.3 Å². The van der Waals surface area contributed by atoms with Crippen molar-refractivity contribution in [1.82, 2.24) is 14.4 Å². The lowest BCUT2D eigenvalue weighted by molar-refractivity contribution is 0.0993. The molecule has 3 N–H and O–H groups in total. The molecular formula is C20H14BrN5O2. The number of amides is 2. The molecule has 0 aliphatic heterocycles. The molecule has 138 valence electrons. The Morgan fingerprint density at radius 1 is 1.04 bits per heavy atom. The first-order chi connectivity index (χ1) is 13.5. The molecule has 0 saturated heterocycles. The number of benzene rings is 2. The summed E-state index contributed by atoms with van der Waals surface area (Å²) in [5.41, 5.74) is 7.95. The van der Waals surface area contributed by atoms with Gasteiger partial charge in [-0.3, -0.25) is 14.0 Å². The molecule has 2 aromatic carbocycles. The van der Waals surface area contributed by atoms with Crippen LogP contribution in [0, 0.1) is 0 Å². The van der Waals surface area contributed by atoms with Crippen LogP contribution in [-0.2, 0) is 0 Å². The van der Waals surface area contributed by atoms with Crippen LogP contribution in [0.25, 0.3) is 16.9 Å². The Hall–Kier alpha value is -3.52. The molecule has 4 aromatic rings. The average molecular weight is 436 g/mol. The molecule has 2 aromatic heterocycles. The number of carbonyl (C=O) groups is 2. The summed E-state index contributed by atoms with van der Waals surface area (Å²) in [6.45, 7) is 0. The first kappa shape index (κ1) is 17.9. The van der Waals surface area contributed by atoms with Crippen LogP contribution in [0.3, 0.4) is 0 Å². The number of hydrogen-bond donors (Lipinski definition) is 2. The second-order valence-electron chi connectivity index (χ2n) is 6.00. The number of nitrogens with one attached hydrogen (secondary N) is 1. The van der Waals surface area contributed by atoms with Crippen molar-refractivity contribution in [2.75, 3.05) is 5.32 Å². The van der Waals surface area contributed by atoms with Gasteiger partial charge in [-0.15, -0.1) is 0 Å². The zero-order valence-corrected chi connectivity index (χ0v) is 16.1. The third-order valence-electron chi connectivity index (χ3n) is 4.14. The van der Waals surface area contributed by atoms with E-state index in [9.17, 15) is 9.59 Å². The molecule has 28 heavy (non-hydrogen) atoms. The Kier molecular flexibility index (Phi) is 4.62. The van der Waals surface area contributed by atoms with E-state index in [0.29, 0.717) is 11.4 Å². The number of rotatable bonds is 4. The summed E-state index contributed by atoms with van der Waals surface area (Å²) >= 11 is 3.36. The van der Waals surface area contributed by atoms with Crippen LogP contribution in [0.5, 0.6) is 0 Å². The van der Waals surface area contributed by atoms with Crippen LogP contribution < -0.4 is 11.1 Å². The fraction of sp³-hybridized carbons (Fsp3) is 0. The molecule has 0 fully saturated rings. The number of nitrogens with two attached hydrogens (primary N) is 1. The minimum atomic E-state index is -0.709. The molecule has 7 nitrogen and oxygen atoms in total. The van der Waals surface area contributed by atoms with Gasteiger partial charge >= 0.3 is 0 Å². The van der Waals surface area contributed by atoms with Gasteiger partial charge in [0.05, 0.1) is 5.69 Å². The van der Waals surface area contributed by atoms with Crippen LogP contribution in [0.15, 0.2) is 71.5 Å². The van der Waals surface area contributed by atoms with E-state index in [1.807, 2.05) is 42.5 Å². The van der Waals surface area contributed by atoms with Crippen molar-refractivity contribution in [3.05, 3.63) is 82.9 Å². The van der Waals surface area contributed by atoms with Gasteiger partial charge in [0.25, 0.3) is 11.8 Å². The van der Waals surface area contributed by atoms with E-state index in [1.165, 1.54) is 6.33 Å². The van der Waals surface area contributed by atoms with E-state index < -0.39 is 11.8 Å². The van der Waals surface area contributed by atoms with Crippen molar-refractivity contribution in [1.29, 1.82) is 0 Å². The standard InChI is InChI=1S/C20H14BrN5O2/c21-13-6-8-14(9-7-13)24-20(28)15-10-16(12-4-2-1-3-5-12)26-11-23-17(18(22)27)19(26)25-15/h1-11H,(H2,22,27)(H,24,28). The van der Waals surface area contributed by atoms with Crippen LogP contribution in [0.2, 0.25) is 0 Å². The first-order valence-electron chi connectivity index (χ1n) is 8.33. The highest BCUT2D eigenvalue weighted by molar-refractivity contribution is 9.10. The highest BCUT2D eigenvalue weighted by Gasteiger charge is 2.19. The Morgan fingerprint density at radius 3 is 2.43 bits per heavy atom. The summed E-state index contributed by atoms with van der Waals surface area (Å²) in [6, 6.07) is 18.3. The van der Waals surface area contributed by atoms with Crippen molar-refractivity contribution in [2.24, 2.45) is 5.73 Å². The Balaban J connectivity index is 1.83. The van der Waals surface area contributed by atoms with Gasteiger partial charge in [-0.2, -0.15) is 0 Å². The number of primary amides is 1. The largest absolute Gasteiger partial charge is 0.364 e. The third kappa shape index (κ3) is 3.37. The number of hydrogen-bond acceptors (Lipinski definition) is 4. The van der Waals surface area contributed by atoms with E-state index in [2.05, 4.69) is 31.2 Å². The lowest BCUT2D eigenvalue weighted by atomic mass is 10.1. The molecular weight excluding hydrogens is 422 g/mol. The minimum absolute atomic E-state index is 0.00970. The highest BCUT2D eigenvalue weighted by Crippen LogP contribution is 2.23. The average Bonchev–Trinajstić information content (AvgIpc) is 3.14. The summed E-state index contributed by atoms with van der Waals surface area (Å²) in [5.74, 6) is -1.11. The summed E-state index contributed by atoms with van der Waals surface area (Å²) in [7, 11) is 0. The van der Waals surface area contributed by atoms with Gasteiger partial charge in [0.2, 0.25) is 0 Å². The van der Waals surface area contributed by atoms with E-state index >= 15 is 0 Å². The summed E-state index contributed by atoms with van der Waals surface area (Å²) < 4.78 is 2.55. The van der Waals surface area contributed by atoms with E-state index in [4.69, 9.17) is 5.73 Å². The van der Waals surface area contributed by atoms with E-state index in [0.717, 1.165) is 10.0 Å². The topological polar surface area (TPSA) is 102 Å². The fourth-order valence-electron chi connectivity index (χ4n) is 2.82. The lowest BCUT2D eigenvalue weighted by Gasteiger charge is -2.10. The van der Waals surface area contributed by atoms with Crippen LogP contribution in [-0.4, -0.2) is 26.2 Å². The predicted molar refractivity (Wildman–Crippen MR) is 109 cm³/mol. The molecule has 0 unspecified atom stereocenters. The fourth-order valence-corrected chi connectivity index (χ4v) is 3.08. The van der Waals surface area contributed by atoms with Crippen molar-refractivity contribution < 1.29 is 9.59 Å². The number of halogens is 1. The number of fused-ring (bicyclic) bond motifs is 1. The zero-order valence-electron chi connectivity index (χ0n) is 14.5. The van der Waals surface area contributed by atoms with Crippen LogP contribution >= 0.6 is 15.9 Å². The number of carbonyl (C=O) groups excluding carboxylic acids is 2.